The van der Waals surface area contributed by atoms with Gasteiger partial charge in [-0.25, -0.2) is 13.6 Å². The van der Waals surface area contributed by atoms with Crippen molar-refractivity contribution in [3.8, 4) is 11.5 Å². The zero-order valence-electron chi connectivity index (χ0n) is 15.7. The first-order valence-corrected chi connectivity index (χ1v) is 9.19. The Morgan fingerprint density at radius 2 is 1.70 bits per heavy atom. The molecule has 0 saturated heterocycles. The Bertz CT molecular complexity index is 1100. The van der Waals surface area contributed by atoms with Gasteiger partial charge in [-0.1, -0.05) is 23.7 Å². The van der Waals surface area contributed by atoms with Gasteiger partial charge in [0, 0.05) is 11.1 Å². The standard InChI is InChI=1S/C22H16ClF2NO4/c1-12(13-2-4-14(5-3-13)22(28)29)26-21(27)17-10-15(23)6-9-19(17)30-20-11-16(24)7-8-18(20)25/h2-12H,1H3,(H,26,27)(H,28,29)/t12-/m0/s1. The van der Waals surface area contributed by atoms with Crippen molar-refractivity contribution in [1.82, 2.24) is 5.32 Å². The maximum atomic E-state index is 13.9. The van der Waals surface area contributed by atoms with Crippen molar-refractivity contribution in [2.45, 2.75) is 13.0 Å². The first-order valence-electron chi connectivity index (χ1n) is 8.81. The van der Waals surface area contributed by atoms with Crippen LogP contribution >= 0.6 is 11.6 Å². The molecule has 5 nitrogen and oxygen atoms in total. The zero-order chi connectivity index (χ0) is 21.8. The summed E-state index contributed by atoms with van der Waals surface area (Å²) in [5.74, 6) is -3.46. The van der Waals surface area contributed by atoms with Crippen molar-refractivity contribution >= 4 is 23.5 Å². The maximum Gasteiger partial charge on any atom is 0.335 e. The summed E-state index contributed by atoms with van der Waals surface area (Å²) in [4.78, 5) is 23.8. The van der Waals surface area contributed by atoms with Gasteiger partial charge < -0.3 is 15.2 Å². The van der Waals surface area contributed by atoms with Gasteiger partial charge in [0.05, 0.1) is 17.2 Å². The van der Waals surface area contributed by atoms with Gasteiger partial charge in [0.1, 0.15) is 11.6 Å². The average molecular weight is 432 g/mol. The smallest absolute Gasteiger partial charge is 0.335 e. The SMILES string of the molecule is C[C@H](NC(=O)c1cc(Cl)ccc1Oc1cc(F)ccc1F)c1ccc(C(=O)O)cc1. The fraction of sp³-hybridized carbons (Fsp3) is 0.0909. The summed E-state index contributed by atoms with van der Waals surface area (Å²) in [7, 11) is 0. The molecule has 154 valence electrons. The van der Waals surface area contributed by atoms with Crippen LogP contribution in [0.15, 0.2) is 60.7 Å². The fourth-order valence-electron chi connectivity index (χ4n) is 2.71. The quantitative estimate of drug-likeness (QED) is 0.532. The van der Waals surface area contributed by atoms with Crippen molar-refractivity contribution in [2.24, 2.45) is 0 Å². The highest BCUT2D eigenvalue weighted by atomic mass is 35.5. The second-order valence-corrected chi connectivity index (χ2v) is 6.88. The summed E-state index contributed by atoms with van der Waals surface area (Å²) in [6, 6.07) is 12.5. The van der Waals surface area contributed by atoms with Crippen LogP contribution in [0.3, 0.4) is 0 Å². The molecule has 3 aromatic carbocycles. The molecule has 0 aliphatic heterocycles. The fourth-order valence-corrected chi connectivity index (χ4v) is 2.89. The summed E-state index contributed by atoms with van der Waals surface area (Å²) in [6.45, 7) is 1.71. The van der Waals surface area contributed by atoms with E-state index in [0.717, 1.165) is 18.2 Å². The van der Waals surface area contributed by atoms with E-state index < -0.39 is 29.6 Å². The van der Waals surface area contributed by atoms with Crippen LogP contribution < -0.4 is 10.1 Å². The number of rotatable bonds is 6. The molecule has 0 bridgehead atoms. The number of hydrogen-bond donors (Lipinski definition) is 2. The molecule has 1 atom stereocenters. The number of hydrogen-bond acceptors (Lipinski definition) is 3. The number of aromatic carboxylic acids is 1. The largest absolute Gasteiger partial charge is 0.478 e. The number of amides is 1. The summed E-state index contributed by atoms with van der Waals surface area (Å²) in [5.41, 5.74) is 0.828. The Morgan fingerprint density at radius 1 is 1.00 bits per heavy atom. The van der Waals surface area contributed by atoms with Gasteiger partial charge in [-0.2, -0.15) is 0 Å². The Hall–Kier alpha value is -3.45. The van der Waals surface area contributed by atoms with Gasteiger partial charge >= 0.3 is 5.97 Å². The second-order valence-electron chi connectivity index (χ2n) is 6.44. The van der Waals surface area contributed by atoms with Crippen molar-refractivity contribution in [2.75, 3.05) is 0 Å². The van der Waals surface area contributed by atoms with Gasteiger partial charge in [-0.05, 0) is 55.0 Å². The molecule has 0 aliphatic carbocycles. The minimum atomic E-state index is -1.05. The summed E-state index contributed by atoms with van der Waals surface area (Å²) in [6.07, 6.45) is 0. The van der Waals surface area contributed by atoms with Crippen LogP contribution in [0.5, 0.6) is 11.5 Å². The Balaban J connectivity index is 1.83. The van der Waals surface area contributed by atoms with Crippen molar-refractivity contribution in [1.29, 1.82) is 0 Å². The number of nitrogens with one attached hydrogen (secondary N) is 1. The van der Waals surface area contributed by atoms with Crippen molar-refractivity contribution in [3.05, 3.63) is 94.0 Å². The van der Waals surface area contributed by atoms with Gasteiger partial charge in [0.25, 0.3) is 5.91 Å². The van der Waals surface area contributed by atoms with E-state index in [0.29, 0.717) is 5.56 Å². The van der Waals surface area contributed by atoms with Crippen LogP contribution in [-0.2, 0) is 0 Å². The second kappa shape index (κ2) is 8.92. The Kier molecular flexibility index (Phi) is 6.32. The van der Waals surface area contributed by atoms with Crippen LogP contribution in [0, 0.1) is 11.6 Å². The van der Waals surface area contributed by atoms with E-state index in [1.54, 1.807) is 19.1 Å². The Morgan fingerprint density at radius 3 is 2.37 bits per heavy atom. The molecular formula is C22H16ClF2NO4. The topological polar surface area (TPSA) is 75.6 Å². The van der Waals surface area contributed by atoms with Gasteiger partial charge in [-0.3, -0.25) is 4.79 Å². The molecule has 3 rings (SSSR count). The molecule has 8 heteroatoms. The minimum absolute atomic E-state index is 0.00479. The number of carboxylic acids is 1. The molecule has 0 aliphatic rings. The van der Waals surface area contributed by atoms with Gasteiger partial charge in [-0.15, -0.1) is 0 Å². The van der Waals surface area contributed by atoms with Crippen LogP contribution in [0.4, 0.5) is 8.78 Å². The average Bonchev–Trinajstić information content (AvgIpc) is 2.71. The lowest BCUT2D eigenvalue weighted by Crippen LogP contribution is -2.27. The van der Waals surface area contributed by atoms with E-state index in [1.165, 1.54) is 30.3 Å². The lowest BCUT2D eigenvalue weighted by Gasteiger charge is -2.17. The van der Waals surface area contributed by atoms with Crippen LogP contribution in [-0.4, -0.2) is 17.0 Å². The van der Waals surface area contributed by atoms with E-state index in [1.807, 2.05) is 0 Å². The molecular weight excluding hydrogens is 416 g/mol. The number of carboxylic acid groups (broad SMARTS) is 1. The lowest BCUT2D eigenvalue weighted by molar-refractivity contribution is 0.0696. The first kappa shape index (κ1) is 21.3. The minimum Gasteiger partial charge on any atom is -0.478 e. The third-order valence-corrected chi connectivity index (χ3v) is 4.54. The molecule has 0 aromatic heterocycles. The van der Waals surface area contributed by atoms with E-state index in [-0.39, 0.29) is 27.6 Å². The number of carbonyl (C=O) groups excluding carboxylic acids is 1. The first-order chi connectivity index (χ1) is 14.2. The van der Waals surface area contributed by atoms with E-state index in [4.69, 9.17) is 21.4 Å². The molecule has 2 N–H and O–H groups in total. The zero-order valence-corrected chi connectivity index (χ0v) is 16.4. The van der Waals surface area contributed by atoms with E-state index in [2.05, 4.69) is 5.32 Å². The lowest BCUT2D eigenvalue weighted by atomic mass is 10.1. The summed E-state index contributed by atoms with van der Waals surface area (Å²) >= 11 is 6.00. The highest BCUT2D eigenvalue weighted by Gasteiger charge is 2.18. The molecule has 0 unspecified atom stereocenters. The molecule has 0 heterocycles. The maximum absolute atomic E-state index is 13.9. The highest BCUT2D eigenvalue weighted by molar-refractivity contribution is 6.31. The molecule has 0 saturated carbocycles. The summed E-state index contributed by atoms with van der Waals surface area (Å²) < 4.78 is 32.8. The number of benzene rings is 3. The van der Waals surface area contributed by atoms with E-state index in [9.17, 15) is 18.4 Å². The number of carbonyl (C=O) groups is 2. The van der Waals surface area contributed by atoms with Crippen LogP contribution in [0.1, 0.15) is 39.2 Å². The summed E-state index contributed by atoms with van der Waals surface area (Å²) in [5, 5.41) is 12.0. The number of halogens is 3. The third-order valence-electron chi connectivity index (χ3n) is 4.30. The highest BCUT2D eigenvalue weighted by Crippen LogP contribution is 2.30. The molecule has 0 spiro atoms. The molecule has 3 aromatic rings. The molecule has 0 radical (unpaired) electrons. The molecule has 30 heavy (non-hydrogen) atoms. The molecule has 0 fully saturated rings. The monoisotopic (exact) mass is 431 g/mol. The third kappa shape index (κ3) is 4.93. The molecule has 1 amide bonds. The normalized spacial score (nSPS) is 11.6. The Labute approximate surface area is 175 Å². The predicted octanol–water partition coefficient (Wildman–Crippen LogP) is 5.60. The predicted molar refractivity (Wildman–Crippen MR) is 107 cm³/mol. The van der Waals surface area contributed by atoms with Crippen LogP contribution in [0.25, 0.3) is 0 Å². The van der Waals surface area contributed by atoms with Crippen LogP contribution in [0.2, 0.25) is 5.02 Å². The van der Waals surface area contributed by atoms with Crippen molar-refractivity contribution in [3.63, 3.8) is 0 Å². The number of ether oxygens (including phenoxy) is 1. The van der Waals surface area contributed by atoms with Crippen molar-refractivity contribution < 1.29 is 28.2 Å². The van der Waals surface area contributed by atoms with Gasteiger partial charge in [0.2, 0.25) is 0 Å². The van der Waals surface area contributed by atoms with Gasteiger partial charge in [0.15, 0.2) is 11.6 Å². The van der Waals surface area contributed by atoms with E-state index >= 15 is 0 Å².